The number of aromatic amines is 1. The van der Waals surface area contributed by atoms with Crippen LogP contribution >= 0.6 is 0 Å². The molecule has 21 heavy (non-hydrogen) atoms. The second-order valence-electron chi connectivity index (χ2n) is 4.14. The quantitative estimate of drug-likeness (QED) is 0.788. The van der Waals surface area contributed by atoms with Crippen LogP contribution in [0.4, 0.5) is 13.2 Å². The second-order valence-corrected chi connectivity index (χ2v) is 4.14. The fourth-order valence-corrected chi connectivity index (χ4v) is 1.82. The Balaban J connectivity index is 2.06. The van der Waals surface area contributed by atoms with Gasteiger partial charge in [-0.25, -0.2) is 4.98 Å². The monoisotopic (exact) mass is 291 g/mol. The van der Waals surface area contributed by atoms with Gasteiger partial charge in [-0.05, 0) is 18.2 Å². The van der Waals surface area contributed by atoms with E-state index in [4.69, 9.17) is 0 Å². The molecular weight excluding hydrogens is 283 g/mol. The molecule has 106 valence electrons. The maximum atomic E-state index is 13.0. The Kier molecular flexibility index (Phi) is 3.13. The lowest BCUT2D eigenvalue weighted by Crippen LogP contribution is -2.07. The van der Waals surface area contributed by atoms with E-state index in [0.29, 0.717) is 11.5 Å². The van der Waals surface area contributed by atoms with Gasteiger partial charge in [-0.3, -0.25) is 15.1 Å². The summed E-state index contributed by atoms with van der Waals surface area (Å²) in [5, 5.41) is 6.40. The molecule has 0 saturated heterocycles. The van der Waals surface area contributed by atoms with Gasteiger partial charge in [0.05, 0.1) is 11.1 Å². The van der Waals surface area contributed by atoms with Crippen LogP contribution in [0.5, 0.6) is 0 Å². The highest BCUT2D eigenvalue weighted by atomic mass is 19.4. The maximum absolute atomic E-state index is 13.0. The van der Waals surface area contributed by atoms with Gasteiger partial charge in [-0.2, -0.15) is 18.3 Å². The van der Waals surface area contributed by atoms with Crippen LogP contribution in [0.25, 0.3) is 22.9 Å². The van der Waals surface area contributed by atoms with E-state index in [2.05, 4.69) is 25.1 Å². The minimum Gasteiger partial charge on any atom is -0.264 e. The second kappa shape index (κ2) is 4.97. The van der Waals surface area contributed by atoms with E-state index in [1.165, 1.54) is 0 Å². The van der Waals surface area contributed by atoms with E-state index in [1.807, 2.05) is 0 Å². The van der Waals surface area contributed by atoms with Gasteiger partial charge in [0, 0.05) is 18.6 Å². The van der Waals surface area contributed by atoms with Crippen LogP contribution in [0, 0.1) is 0 Å². The normalized spacial score (nSPS) is 11.6. The molecule has 0 aliphatic carbocycles. The zero-order chi connectivity index (χ0) is 14.9. The van der Waals surface area contributed by atoms with Crippen LogP contribution in [0.3, 0.4) is 0 Å². The molecule has 1 N–H and O–H groups in total. The summed E-state index contributed by atoms with van der Waals surface area (Å²) in [6, 6.07) is 6.05. The summed E-state index contributed by atoms with van der Waals surface area (Å²) in [5.41, 5.74) is -0.513. The highest BCUT2D eigenvalue weighted by Gasteiger charge is 2.34. The van der Waals surface area contributed by atoms with Gasteiger partial charge in [0.1, 0.15) is 5.69 Å². The van der Waals surface area contributed by atoms with Gasteiger partial charge in [-0.15, -0.1) is 0 Å². The molecular formula is C13H8F3N5. The molecule has 3 aromatic rings. The van der Waals surface area contributed by atoms with Crippen molar-refractivity contribution in [3.8, 4) is 22.9 Å². The molecule has 0 radical (unpaired) electrons. The van der Waals surface area contributed by atoms with Crippen LogP contribution in [-0.2, 0) is 6.18 Å². The summed E-state index contributed by atoms with van der Waals surface area (Å²) < 4.78 is 38.9. The summed E-state index contributed by atoms with van der Waals surface area (Å²) in [6.45, 7) is 0. The van der Waals surface area contributed by atoms with Crippen molar-refractivity contribution in [1.29, 1.82) is 0 Å². The van der Waals surface area contributed by atoms with Crippen molar-refractivity contribution >= 4 is 0 Å². The third kappa shape index (κ3) is 2.60. The number of aromatic nitrogens is 5. The van der Waals surface area contributed by atoms with E-state index < -0.39 is 11.7 Å². The first kappa shape index (κ1) is 13.2. The molecule has 8 heteroatoms. The van der Waals surface area contributed by atoms with Gasteiger partial charge in [0.25, 0.3) is 0 Å². The molecule has 0 fully saturated rings. The van der Waals surface area contributed by atoms with Gasteiger partial charge in [0.2, 0.25) is 0 Å². The molecule has 0 aliphatic heterocycles. The van der Waals surface area contributed by atoms with Crippen LogP contribution in [0.1, 0.15) is 5.56 Å². The van der Waals surface area contributed by atoms with Crippen molar-refractivity contribution in [2.45, 2.75) is 6.18 Å². The molecule has 0 unspecified atom stereocenters. The number of H-pyrrole nitrogens is 1. The predicted molar refractivity (Wildman–Crippen MR) is 67.8 cm³/mol. The van der Waals surface area contributed by atoms with Crippen LogP contribution in [-0.4, -0.2) is 25.1 Å². The lowest BCUT2D eigenvalue weighted by molar-refractivity contribution is -0.137. The number of nitrogens with zero attached hydrogens (tertiary/aromatic N) is 4. The third-order valence-corrected chi connectivity index (χ3v) is 2.76. The molecule has 0 aromatic carbocycles. The fourth-order valence-electron chi connectivity index (χ4n) is 1.82. The van der Waals surface area contributed by atoms with Gasteiger partial charge >= 0.3 is 6.18 Å². The van der Waals surface area contributed by atoms with Crippen molar-refractivity contribution < 1.29 is 13.2 Å². The van der Waals surface area contributed by atoms with Crippen LogP contribution < -0.4 is 0 Å². The first-order chi connectivity index (χ1) is 10.1. The van der Waals surface area contributed by atoms with E-state index in [9.17, 15) is 13.2 Å². The first-order valence-electron chi connectivity index (χ1n) is 5.91. The maximum Gasteiger partial charge on any atom is 0.417 e. The van der Waals surface area contributed by atoms with E-state index in [-0.39, 0.29) is 11.4 Å². The first-order valence-corrected chi connectivity index (χ1v) is 5.91. The summed E-state index contributed by atoms with van der Waals surface area (Å²) in [7, 11) is 0. The minimum absolute atomic E-state index is 0.0731. The lowest BCUT2D eigenvalue weighted by atomic mass is 10.1. The highest BCUT2D eigenvalue weighted by molar-refractivity contribution is 5.62. The van der Waals surface area contributed by atoms with E-state index in [1.54, 1.807) is 24.4 Å². The summed E-state index contributed by atoms with van der Waals surface area (Å²) in [6.07, 6.45) is -0.764. The Hall–Kier alpha value is -2.77. The molecule has 5 nitrogen and oxygen atoms in total. The number of halogens is 3. The van der Waals surface area contributed by atoms with Gasteiger partial charge < -0.3 is 0 Å². The molecule has 0 bridgehead atoms. The number of hydrogen-bond acceptors (Lipinski definition) is 4. The van der Waals surface area contributed by atoms with Crippen molar-refractivity contribution in [2.24, 2.45) is 0 Å². The zero-order valence-corrected chi connectivity index (χ0v) is 10.5. The number of alkyl halides is 3. The van der Waals surface area contributed by atoms with Crippen molar-refractivity contribution in [3.63, 3.8) is 0 Å². The molecule has 3 aromatic heterocycles. The number of nitrogens with one attached hydrogen (secondary N) is 1. The minimum atomic E-state index is -4.50. The van der Waals surface area contributed by atoms with Crippen molar-refractivity contribution in [1.82, 2.24) is 25.1 Å². The Morgan fingerprint density at radius 3 is 2.62 bits per heavy atom. The van der Waals surface area contributed by atoms with E-state index >= 15 is 0 Å². The summed E-state index contributed by atoms with van der Waals surface area (Å²) >= 11 is 0. The smallest absolute Gasteiger partial charge is 0.264 e. The van der Waals surface area contributed by atoms with Gasteiger partial charge in [0.15, 0.2) is 11.6 Å². The molecule has 0 amide bonds. The third-order valence-electron chi connectivity index (χ3n) is 2.76. The van der Waals surface area contributed by atoms with Crippen LogP contribution in [0.2, 0.25) is 0 Å². The summed E-state index contributed by atoms with van der Waals surface area (Å²) in [5.74, 6) is 0.221. The fraction of sp³-hybridized carbons (Fsp3) is 0.0769. The van der Waals surface area contributed by atoms with Crippen molar-refractivity contribution in [3.05, 3.63) is 48.4 Å². The zero-order valence-electron chi connectivity index (χ0n) is 10.5. The Labute approximate surface area is 116 Å². The Morgan fingerprint density at radius 1 is 1.05 bits per heavy atom. The predicted octanol–water partition coefficient (Wildman–Crippen LogP) is 2.95. The SMILES string of the molecule is FC(F)(F)c1ccncc1-c1n[nH]c(-c2ccccn2)n1. The standard InChI is InChI=1S/C13H8F3N5/c14-13(15,16)9-4-6-17-7-8(9)11-19-12(21-20-11)10-3-1-2-5-18-10/h1-7H,(H,19,20,21). The molecule has 0 atom stereocenters. The Morgan fingerprint density at radius 2 is 1.90 bits per heavy atom. The molecule has 0 aliphatic rings. The highest BCUT2D eigenvalue weighted by Crippen LogP contribution is 2.35. The van der Waals surface area contributed by atoms with Crippen molar-refractivity contribution in [2.75, 3.05) is 0 Å². The van der Waals surface area contributed by atoms with Gasteiger partial charge in [-0.1, -0.05) is 6.07 Å². The lowest BCUT2D eigenvalue weighted by Gasteiger charge is -2.09. The average molecular weight is 291 g/mol. The van der Waals surface area contributed by atoms with Crippen LogP contribution in [0.15, 0.2) is 42.9 Å². The molecule has 3 heterocycles. The molecule has 3 rings (SSSR count). The number of hydrogen-bond donors (Lipinski definition) is 1. The molecule has 0 saturated carbocycles. The largest absolute Gasteiger partial charge is 0.417 e. The Bertz CT molecular complexity index is 752. The summed E-state index contributed by atoms with van der Waals surface area (Å²) in [4.78, 5) is 11.8. The van der Waals surface area contributed by atoms with E-state index in [0.717, 1.165) is 18.5 Å². The number of rotatable bonds is 2. The topological polar surface area (TPSA) is 67.3 Å². The average Bonchev–Trinajstić information content (AvgIpc) is 2.97. The molecule has 0 spiro atoms. The number of pyridine rings is 2.